The van der Waals surface area contributed by atoms with Gasteiger partial charge in [-0.2, -0.15) is 0 Å². The Kier molecular flexibility index (Phi) is 8.18. The Morgan fingerprint density at radius 2 is 1.94 bits per heavy atom. The van der Waals surface area contributed by atoms with Gasteiger partial charge in [-0.05, 0) is 31.4 Å². The van der Waals surface area contributed by atoms with Gasteiger partial charge in [0.2, 0.25) is 21.9 Å². The van der Waals surface area contributed by atoms with Crippen LogP contribution in [0.5, 0.6) is 0 Å². The summed E-state index contributed by atoms with van der Waals surface area (Å²) in [5.74, 6) is -2.85. The van der Waals surface area contributed by atoms with Crippen LogP contribution >= 0.6 is 35.0 Å². The van der Waals surface area contributed by atoms with Crippen molar-refractivity contribution < 1.29 is 22.0 Å². The Balaban J connectivity index is 1.50. The largest absolute Gasteiger partial charge is 0.366 e. The number of nitrogens with zero attached hydrogens (tertiary/aromatic N) is 2. The standard InChI is InChI=1S/C22H25Cl2F2N5O3S2/c1-2-9-36(33,34)31-15-4-3-14(23)18(16(15)24)30-21(32)13-10-35-19-17(13)27-11-28-20(19)29-12-5-7-22(25,26)8-6-12/h3-4,11-13,31H,2,5-10H2,1H3,(H,30,32)(H,27,28,29). The molecule has 3 N–H and O–H groups in total. The third-order valence-electron chi connectivity index (χ3n) is 6.01. The normalized spacial score (nSPS) is 19.5. The predicted molar refractivity (Wildman–Crippen MR) is 139 cm³/mol. The summed E-state index contributed by atoms with van der Waals surface area (Å²) in [6, 6.07) is 2.75. The summed E-state index contributed by atoms with van der Waals surface area (Å²) in [6.45, 7) is 1.74. The number of rotatable bonds is 8. The molecule has 0 spiro atoms. The van der Waals surface area contributed by atoms with Gasteiger partial charge in [0.05, 0.1) is 43.7 Å². The van der Waals surface area contributed by atoms with E-state index < -0.39 is 27.8 Å². The van der Waals surface area contributed by atoms with Crippen molar-refractivity contribution in [2.45, 2.75) is 61.8 Å². The second kappa shape index (κ2) is 10.8. The van der Waals surface area contributed by atoms with Gasteiger partial charge in [0.25, 0.3) is 0 Å². The minimum Gasteiger partial charge on any atom is -0.366 e. The van der Waals surface area contributed by atoms with E-state index in [9.17, 15) is 22.0 Å². The molecule has 2 aromatic rings. The van der Waals surface area contributed by atoms with E-state index in [1.807, 2.05) is 0 Å². The maximum atomic E-state index is 13.5. The number of benzene rings is 1. The van der Waals surface area contributed by atoms with Gasteiger partial charge >= 0.3 is 0 Å². The SMILES string of the molecule is CCCS(=O)(=O)Nc1ccc(Cl)c(NC(=O)C2CSc3c(NC4CCC(F)(F)CC4)ncnc32)c1Cl. The molecule has 1 atom stereocenters. The van der Waals surface area contributed by atoms with E-state index in [0.29, 0.717) is 41.4 Å². The van der Waals surface area contributed by atoms with Crippen LogP contribution in [0.25, 0.3) is 0 Å². The minimum atomic E-state index is -3.60. The molecule has 1 aromatic heterocycles. The highest BCUT2D eigenvalue weighted by atomic mass is 35.5. The van der Waals surface area contributed by atoms with Gasteiger partial charge in [0, 0.05) is 24.6 Å². The molecule has 2 aliphatic rings. The fourth-order valence-electron chi connectivity index (χ4n) is 4.15. The summed E-state index contributed by atoms with van der Waals surface area (Å²) >= 11 is 14.1. The Morgan fingerprint density at radius 1 is 1.22 bits per heavy atom. The third kappa shape index (κ3) is 6.15. The summed E-state index contributed by atoms with van der Waals surface area (Å²) in [4.78, 5) is 22.5. The molecule has 0 saturated heterocycles. The number of alkyl halides is 2. The van der Waals surface area contributed by atoms with Crippen LogP contribution in [-0.4, -0.2) is 47.8 Å². The lowest BCUT2D eigenvalue weighted by Gasteiger charge is -2.29. The highest BCUT2D eigenvalue weighted by Gasteiger charge is 2.37. The van der Waals surface area contributed by atoms with Crippen molar-refractivity contribution in [2.24, 2.45) is 0 Å². The van der Waals surface area contributed by atoms with Crippen molar-refractivity contribution in [1.29, 1.82) is 0 Å². The van der Waals surface area contributed by atoms with Crippen molar-refractivity contribution in [3.05, 3.63) is 34.2 Å². The molecule has 36 heavy (non-hydrogen) atoms. The topological polar surface area (TPSA) is 113 Å². The molecule has 1 aliphatic carbocycles. The van der Waals surface area contributed by atoms with E-state index >= 15 is 0 Å². The number of halogens is 4. The van der Waals surface area contributed by atoms with Gasteiger partial charge < -0.3 is 10.6 Å². The molecule has 0 radical (unpaired) electrons. The smallest absolute Gasteiger partial charge is 0.248 e. The van der Waals surface area contributed by atoms with Gasteiger partial charge in [-0.1, -0.05) is 30.1 Å². The molecule has 196 valence electrons. The number of hydrogen-bond donors (Lipinski definition) is 3. The van der Waals surface area contributed by atoms with Crippen molar-refractivity contribution in [1.82, 2.24) is 9.97 Å². The number of anilines is 3. The molecule has 1 aromatic carbocycles. The van der Waals surface area contributed by atoms with Crippen LogP contribution in [0.1, 0.15) is 50.6 Å². The van der Waals surface area contributed by atoms with Gasteiger partial charge in [-0.15, -0.1) is 11.8 Å². The molecule has 14 heteroatoms. The molecule has 1 amide bonds. The van der Waals surface area contributed by atoms with Gasteiger partial charge in [0.15, 0.2) is 0 Å². The first-order valence-corrected chi connectivity index (χ1v) is 14.8. The maximum absolute atomic E-state index is 13.5. The number of carbonyl (C=O) groups excluding carboxylic acids is 1. The monoisotopic (exact) mass is 579 g/mol. The number of sulfonamides is 1. The van der Waals surface area contributed by atoms with Gasteiger partial charge in [-0.3, -0.25) is 9.52 Å². The lowest BCUT2D eigenvalue weighted by molar-refractivity contribution is -0.117. The van der Waals surface area contributed by atoms with Crippen molar-refractivity contribution in [3.8, 4) is 0 Å². The fourth-order valence-corrected chi connectivity index (χ4v) is 7.09. The average molecular weight is 581 g/mol. The molecule has 1 fully saturated rings. The second-order valence-electron chi connectivity index (χ2n) is 8.77. The Hall–Kier alpha value is -1.89. The van der Waals surface area contributed by atoms with E-state index in [1.54, 1.807) is 6.92 Å². The minimum absolute atomic E-state index is 0.0273. The summed E-state index contributed by atoms with van der Waals surface area (Å²) in [7, 11) is -3.60. The van der Waals surface area contributed by atoms with Crippen molar-refractivity contribution in [3.63, 3.8) is 0 Å². The quantitative estimate of drug-likeness (QED) is 0.364. The summed E-state index contributed by atoms with van der Waals surface area (Å²) < 4.78 is 53.8. The van der Waals surface area contributed by atoms with E-state index in [2.05, 4.69) is 25.3 Å². The first-order chi connectivity index (χ1) is 17.0. The lowest BCUT2D eigenvalue weighted by atomic mass is 9.92. The molecule has 0 bridgehead atoms. The predicted octanol–water partition coefficient (Wildman–Crippen LogP) is 5.75. The highest BCUT2D eigenvalue weighted by Crippen LogP contribution is 2.44. The van der Waals surface area contributed by atoms with Crippen LogP contribution in [0.2, 0.25) is 10.0 Å². The van der Waals surface area contributed by atoms with Crippen LogP contribution in [0.4, 0.5) is 26.0 Å². The molecular formula is C22H25Cl2F2N5O3S2. The molecule has 1 unspecified atom stereocenters. The Labute approximate surface area is 222 Å². The lowest BCUT2D eigenvalue weighted by Crippen LogP contribution is -2.32. The van der Waals surface area contributed by atoms with Crippen LogP contribution in [0, 0.1) is 0 Å². The third-order valence-corrected chi connectivity index (χ3v) is 9.38. The van der Waals surface area contributed by atoms with Crippen molar-refractivity contribution >= 4 is 68.1 Å². The maximum Gasteiger partial charge on any atom is 0.248 e. The Morgan fingerprint density at radius 3 is 2.64 bits per heavy atom. The second-order valence-corrected chi connectivity index (χ2v) is 12.4. The number of thioether (sulfide) groups is 1. The van der Waals surface area contributed by atoms with E-state index in [-0.39, 0.29) is 46.1 Å². The van der Waals surface area contributed by atoms with Gasteiger partial charge in [0.1, 0.15) is 12.1 Å². The number of nitrogens with one attached hydrogen (secondary N) is 3. The summed E-state index contributed by atoms with van der Waals surface area (Å²) in [5, 5.41) is 6.08. The average Bonchev–Trinajstić information content (AvgIpc) is 3.25. The number of fused-ring (bicyclic) bond motifs is 1. The molecular weight excluding hydrogens is 555 g/mol. The number of carbonyl (C=O) groups is 1. The first kappa shape index (κ1) is 27.2. The zero-order valence-corrected chi connectivity index (χ0v) is 22.4. The number of aromatic nitrogens is 2. The van der Waals surface area contributed by atoms with E-state index in [0.717, 1.165) is 0 Å². The fraction of sp³-hybridized carbons (Fsp3) is 0.500. The van der Waals surface area contributed by atoms with Crippen LogP contribution in [-0.2, 0) is 14.8 Å². The van der Waals surface area contributed by atoms with E-state index in [1.165, 1.54) is 30.2 Å². The first-order valence-electron chi connectivity index (χ1n) is 11.4. The number of amides is 1. The van der Waals surface area contributed by atoms with Crippen LogP contribution in [0.3, 0.4) is 0 Å². The zero-order chi connectivity index (χ0) is 26.1. The molecule has 8 nitrogen and oxygen atoms in total. The zero-order valence-electron chi connectivity index (χ0n) is 19.3. The van der Waals surface area contributed by atoms with Gasteiger partial charge in [-0.25, -0.2) is 27.2 Å². The number of hydrogen-bond acceptors (Lipinski definition) is 7. The molecule has 1 saturated carbocycles. The molecule has 2 heterocycles. The highest BCUT2D eigenvalue weighted by molar-refractivity contribution is 7.99. The van der Waals surface area contributed by atoms with E-state index in [4.69, 9.17) is 23.2 Å². The van der Waals surface area contributed by atoms with Crippen LogP contribution < -0.4 is 15.4 Å². The molecule has 1 aliphatic heterocycles. The van der Waals surface area contributed by atoms with Crippen LogP contribution in [0.15, 0.2) is 23.4 Å². The van der Waals surface area contributed by atoms with Crippen molar-refractivity contribution in [2.75, 3.05) is 26.9 Å². The Bertz CT molecular complexity index is 1260. The summed E-state index contributed by atoms with van der Waals surface area (Å²) in [5.41, 5.74) is 0.718. The summed E-state index contributed by atoms with van der Waals surface area (Å²) in [6.07, 6.45) is 2.07. The molecule has 4 rings (SSSR count).